The summed E-state index contributed by atoms with van der Waals surface area (Å²) >= 11 is 3.47. The van der Waals surface area contributed by atoms with Gasteiger partial charge in [0, 0.05) is 18.5 Å². The van der Waals surface area contributed by atoms with Gasteiger partial charge in [-0.2, -0.15) is 5.10 Å². The third-order valence-electron chi connectivity index (χ3n) is 3.75. The van der Waals surface area contributed by atoms with Crippen LogP contribution < -0.4 is 15.5 Å². The fourth-order valence-corrected chi connectivity index (χ4v) is 2.76. The zero-order valence-electron chi connectivity index (χ0n) is 15.8. The van der Waals surface area contributed by atoms with Gasteiger partial charge in [-0.3, -0.25) is 9.59 Å². The fourth-order valence-electron chi connectivity index (χ4n) is 2.25. The second-order valence-corrected chi connectivity index (χ2v) is 6.95. The van der Waals surface area contributed by atoms with E-state index in [0.29, 0.717) is 12.3 Å². The lowest BCUT2D eigenvalue weighted by molar-refractivity contribution is -0.124. The maximum Gasteiger partial charge on any atom is 0.240 e. The van der Waals surface area contributed by atoms with Gasteiger partial charge in [0.1, 0.15) is 5.75 Å². The molecule has 2 amide bonds. The minimum atomic E-state index is -0.321. The minimum Gasteiger partial charge on any atom is -0.492 e. The SMILES string of the molecule is CCCCOc1ccc(C=NNC(=O)CCC(=O)Nc2ccccc2)cc1Br. The van der Waals surface area contributed by atoms with Gasteiger partial charge >= 0.3 is 0 Å². The van der Waals surface area contributed by atoms with Crippen LogP contribution >= 0.6 is 15.9 Å². The van der Waals surface area contributed by atoms with Crippen molar-refractivity contribution < 1.29 is 14.3 Å². The van der Waals surface area contributed by atoms with Crippen molar-refractivity contribution in [3.63, 3.8) is 0 Å². The van der Waals surface area contributed by atoms with E-state index in [0.717, 1.165) is 28.6 Å². The first kappa shape index (κ1) is 21.6. The lowest BCUT2D eigenvalue weighted by atomic mass is 10.2. The number of amides is 2. The third kappa shape index (κ3) is 7.92. The van der Waals surface area contributed by atoms with Crippen molar-refractivity contribution in [2.45, 2.75) is 32.6 Å². The molecule has 0 aliphatic heterocycles. The number of nitrogens with one attached hydrogen (secondary N) is 2. The molecule has 6 nitrogen and oxygen atoms in total. The summed E-state index contributed by atoms with van der Waals surface area (Å²) in [6.07, 6.45) is 3.78. The van der Waals surface area contributed by atoms with E-state index < -0.39 is 0 Å². The Morgan fingerprint density at radius 2 is 1.86 bits per heavy atom. The number of hydrazone groups is 1. The van der Waals surface area contributed by atoms with E-state index in [9.17, 15) is 9.59 Å². The van der Waals surface area contributed by atoms with Crippen molar-refractivity contribution >= 4 is 39.6 Å². The molecule has 0 unspecified atom stereocenters. The molecule has 0 aliphatic carbocycles. The van der Waals surface area contributed by atoms with E-state index in [4.69, 9.17) is 4.74 Å². The predicted octanol–water partition coefficient (Wildman–Crippen LogP) is 4.50. The van der Waals surface area contributed by atoms with Crippen LogP contribution in [0.25, 0.3) is 0 Å². The lowest BCUT2D eigenvalue weighted by Crippen LogP contribution is -2.20. The maximum atomic E-state index is 11.8. The zero-order chi connectivity index (χ0) is 20.2. The number of ether oxygens (including phenoxy) is 1. The van der Waals surface area contributed by atoms with E-state index in [-0.39, 0.29) is 24.7 Å². The quantitative estimate of drug-likeness (QED) is 0.321. The second kappa shape index (κ2) is 11.9. The minimum absolute atomic E-state index is 0.0594. The first-order chi connectivity index (χ1) is 13.6. The predicted molar refractivity (Wildman–Crippen MR) is 115 cm³/mol. The first-order valence-corrected chi connectivity index (χ1v) is 9.97. The third-order valence-corrected chi connectivity index (χ3v) is 4.37. The van der Waals surface area contributed by atoms with Crippen molar-refractivity contribution in [3.05, 3.63) is 58.6 Å². The van der Waals surface area contributed by atoms with Gasteiger partial charge in [0.2, 0.25) is 11.8 Å². The van der Waals surface area contributed by atoms with Crippen LogP contribution in [0, 0.1) is 0 Å². The molecule has 0 saturated carbocycles. The van der Waals surface area contributed by atoms with Crippen molar-refractivity contribution in [1.82, 2.24) is 5.43 Å². The van der Waals surface area contributed by atoms with E-state index in [1.807, 2.05) is 36.4 Å². The topological polar surface area (TPSA) is 79.8 Å². The van der Waals surface area contributed by atoms with E-state index >= 15 is 0 Å². The molecule has 2 aromatic carbocycles. The number of hydrogen-bond donors (Lipinski definition) is 2. The summed E-state index contributed by atoms with van der Waals surface area (Å²) in [5.74, 6) is 0.241. The number of anilines is 1. The average Bonchev–Trinajstić information content (AvgIpc) is 2.69. The van der Waals surface area contributed by atoms with Crippen molar-refractivity contribution in [2.24, 2.45) is 5.10 Å². The van der Waals surface area contributed by atoms with Crippen molar-refractivity contribution in [2.75, 3.05) is 11.9 Å². The second-order valence-electron chi connectivity index (χ2n) is 6.10. The molecular formula is C21H24BrN3O3. The summed E-state index contributed by atoms with van der Waals surface area (Å²) in [7, 11) is 0. The summed E-state index contributed by atoms with van der Waals surface area (Å²) in [5, 5.41) is 6.67. The van der Waals surface area contributed by atoms with Gasteiger partial charge in [0.05, 0.1) is 17.3 Å². The number of unbranched alkanes of at least 4 members (excludes halogenated alkanes) is 1. The molecule has 0 aliphatic rings. The molecule has 2 rings (SSSR count). The lowest BCUT2D eigenvalue weighted by Gasteiger charge is -2.08. The van der Waals surface area contributed by atoms with Crippen molar-refractivity contribution in [1.29, 1.82) is 0 Å². The number of halogens is 1. The number of nitrogens with zero attached hydrogens (tertiary/aromatic N) is 1. The average molecular weight is 446 g/mol. The Labute approximate surface area is 173 Å². The van der Waals surface area contributed by atoms with Crippen LogP contribution in [-0.4, -0.2) is 24.6 Å². The van der Waals surface area contributed by atoms with Gasteiger partial charge in [-0.1, -0.05) is 31.5 Å². The zero-order valence-corrected chi connectivity index (χ0v) is 17.4. The summed E-state index contributed by atoms with van der Waals surface area (Å²) in [5.41, 5.74) is 3.95. The first-order valence-electron chi connectivity index (χ1n) is 9.17. The van der Waals surface area contributed by atoms with Gasteiger partial charge in [-0.15, -0.1) is 0 Å². The molecule has 0 atom stereocenters. The van der Waals surface area contributed by atoms with Gasteiger partial charge in [-0.25, -0.2) is 5.43 Å². The highest BCUT2D eigenvalue weighted by atomic mass is 79.9. The Balaban J connectivity index is 1.73. The molecule has 0 spiro atoms. The largest absolute Gasteiger partial charge is 0.492 e. The van der Waals surface area contributed by atoms with Gasteiger partial charge in [0.25, 0.3) is 0 Å². The Bertz CT molecular complexity index is 810. The number of hydrogen-bond acceptors (Lipinski definition) is 4. The number of carbonyl (C=O) groups is 2. The summed E-state index contributed by atoms with van der Waals surface area (Å²) in [6.45, 7) is 2.79. The van der Waals surface area contributed by atoms with Crippen LogP contribution in [0.3, 0.4) is 0 Å². The van der Waals surface area contributed by atoms with Crippen LogP contribution in [0.5, 0.6) is 5.75 Å². The van der Waals surface area contributed by atoms with Crippen LogP contribution in [0.4, 0.5) is 5.69 Å². The van der Waals surface area contributed by atoms with Crippen LogP contribution in [0.2, 0.25) is 0 Å². The van der Waals surface area contributed by atoms with E-state index in [1.165, 1.54) is 0 Å². The molecule has 28 heavy (non-hydrogen) atoms. The molecule has 0 aromatic heterocycles. The summed E-state index contributed by atoms with van der Waals surface area (Å²) < 4.78 is 6.50. The molecule has 2 N–H and O–H groups in total. The van der Waals surface area contributed by atoms with E-state index in [1.54, 1.807) is 18.3 Å². The molecule has 0 bridgehead atoms. The van der Waals surface area contributed by atoms with Crippen molar-refractivity contribution in [3.8, 4) is 5.75 Å². The maximum absolute atomic E-state index is 11.8. The summed E-state index contributed by atoms with van der Waals surface area (Å²) in [4.78, 5) is 23.7. The molecule has 0 fully saturated rings. The fraction of sp³-hybridized carbons (Fsp3) is 0.286. The number of para-hydroxylation sites is 1. The summed E-state index contributed by atoms with van der Waals surface area (Å²) in [6, 6.07) is 14.7. The van der Waals surface area contributed by atoms with Gasteiger partial charge in [-0.05, 0) is 58.2 Å². The molecule has 0 saturated heterocycles. The Kier molecular flexibility index (Phi) is 9.21. The normalized spacial score (nSPS) is 10.6. The highest BCUT2D eigenvalue weighted by Gasteiger charge is 2.07. The molecule has 7 heteroatoms. The number of rotatable bonds is 10. The smallest absolute Gasteiger partial charge is 0.240 e. The Morgan fingerprint density at radius 3 is 2.57 bits per heavy atom. The Morgan fingerprint density at radius 1 is 1.11 bits per heavy atom. The molecule has 148 valence electrons. The van der Waals surface area contributed by atoms with E-state index in [2.05, 4.69) is 38.7 Å². The molecular weight excluding hydrogens is 422 g/mol. The number of carbonyl (C=O) groups excluding carboxylic acids is 2. The Hall–Kier alpha value is -2.67. The molecule has 0 radical (unpaired) electrons. The number of benzene rings is 2. The van der Waals surface area contributed by atoms with Crippen LogP contribution in [0.15, 0.2) is 58.1 Å². The van der Waals surface area contributed by atoms with Gasteiger partial charge < -0.3 is 10.1 Å². The standard InChI is InChI=1S/C21H24BrN3O3/c1-2-3-13-28-19-10-9-16(14-18(19)22)15-23-25-21(27)12-11-20(26)24-17-7-5-4-6-8-17/h4-10,14-15H,2-3,11-13H2,1H3,(H,24,26)(H,25,27). The highest BCUT2D eigenvalue weighted by molar-refractivity contribution is 9.10. The van der Waals surface area contributed by atoms with Crippen LogP contribution in [-0.2, 0) is 9.59 Å². The molecule has 2 aromatic rings. The monoisotopic (exact) mass is 445 g/mol. The van der Waals surface area contributed by atoms with Crippen LogP contribution in [0.1, 0.15) is 38.2 Å². The molecule has 0 heterocycles. The highest BCUT2D eigenvalue weighted by Crippen LogP contribution is 2.25. The van der Waals surface area contributed by atoms with Gasteiger partial charge in [0.15, 0.2) is 0 Å².